The van der Waals surface area contributed by atoms with Crippen molar-refractivity contribution in [1.82, 2.24) is 4.98 Å². The lowest BCUT2D eigenvalue weighted by molar-refractivity contribution is 0.0693. The van der Waals surface area contributed by atoms with Crippen LogP contribution in [0.15, 0.2) is 36.5 Å². The van der Waals surface area contributed by atoms with E-state index in [1.807, 2.05) is 0 Å². The fourth-order valence-electron chi connectivity index (χ4n) is 1.63. The van der Waals surface area contributed by atoms with Crippen LogP contribution >= 0.6 is 0 Å². The number of nitrogens with zero attached hydrogens (tertiary/aromatic N) is 1. The van der Waals surface area contributed by atoms with E-state index in [-0.39, 0.29) is 22.8 Å². The topological polar surface area (TPSA) is 112 Å². The van der Waals surface area contributed by atoms with Gasteiger partial charge in [0, 0.05) is 12.3 Å². The quantitative estimate of drug-likeness (QED) is 0.865. The van der Waals surface area contributed by atoms with Crippen LogP contribution in [0.2, 0.25) is 0 Å². The summed E-state index contributed by atoms with van der Waals surface area (Å²) in [6.07, 6.45) is 1.35. The SMILES string of the molecule is COc1ccc(Oc2ccnc(C(N)=O)c2)c(C(=O)O)c1. The number of ether oxygens (including phenoxy) is 2. The second-order valence-corrected chi connectivity index (χ2v) is 4.01. The molecule has 108 valence electrons. The van der Waals surface area contributed by atoms with E-state index in [1.165, 1.54) is 37.6 Å². The first kappa shape index (κ1) is 14.3. The van der Waals surface area contributed by atoms with Crippen molar-refractivity contribution in [2.45, 2.75) is 0 Å². The lowest BCUT2D eigenvalue weighted by Crippen LogP contribution is -2.12. The summed E-state index contributed by atoms with van der Waals surface area (Å²) in [7, 11) is 1.43. The van der Waals surface area contributed by atoms with Gasteiger partial charge in [0.05, 0.1) is 7.11 Å². The number of methoxy groups -OCH3 is 1. The van der Waals surface area contributed by atoms with Gasteiger partial charge in [0.15, 0.2) is 0 Å². The van der Waals surface area contributed by atoms with Crippen LogP contribution < -0.4 is 15.2 Å². The van der Waals surface area contributed by atoms with Crippen LogP contribution in [-0.2, 0) is 0 Å². The Bertz CT molecular complexity index is 700. The zero-order valence-corrected chi connectivity index (χ0v) is 11.1. The van der Waals surface area contributed by atoms with Gasteiger partial charge in [0.1, 0.15) is 28.5 Å². The maximum Gasteiger partial charge on any atom is 0.339 e. The molecule has 0 aliphatic heterocycles. The van der Waals surface area contributed by atoms with E-state index in [0.717, 1.165) is 0 Å². The second kappa shape index (κ2) is 5.91. The Morgan fingerprint density at radius 3 is 2.57 bits per heavy atom. The summed E-state index contributed by atoms with van der Waals surface area (Å²) in [6.45, 7) is 0. The molecule has 21 heavy (non-hydrogen) atoms. The fourth-order valence-corrected chi connectivity index (χ4v) is 1.63. The predicted molar refractivity (Wildman–Crippen MR) is 72.8 cm³/mol. The van der Waals surface area contributed by atoms with Gasteiger partial charge in [-0.1, -0.05) is 0 Å². The number of pyridine rings is 1. The van der Waals surface area contributed by atoms with Gasteiger partial charge in [0.25, 0.3) is 5.91 Å². The standard InChI is InChI=1S/C14H12N2O5/c1-20-8-2-3-12(10(6-8)14(18)19)21-9-4-5-16-11(7-9)13(15)17/h2-7H,1H3,(H2,15,17)(H,18,19). The van der Waals surface area contributed by atoms with Crippen molar-refractivity contribution in [3.05, 3.63) is 47.8 Å². The summed E-state index contributed by atoms with van der Waals surface area (Å²) >= 11 is 0. The van der Waals surface area contributed by atoms with Crippen molar-refractivity contribution in [3.63, 3.8) is 0 Å². The monoisotopic (exact) mass is 288 g/mol. The van der Waals surface area contributed by atoms with Crippen molar-refractivity contribution in [2.75, 3.05) is 7.11 Å². The number of aromatic nitrogens is 1. The molecule has 1 amide bonds. The van der Waals surface area contributed by atoms with Crippen LogP contribution in [0, 0.1) is 0 Å². The zero-order chi connectivity index (χ0) is 15.4. The molecule has 1 aromatic heterocycles. The van der Waals surface area contributed by atoms with Crippen molar-refractivity contribution >= 4 is 11.9 Å². The number of carbonyl (C=O) groups is 2. The van der Waals surface area contributed by atoms with Gasteiger partial charge in [-0.15, -0.1) is 0 Å². The van der Waals surface area contributed by atoms with Crippen LogP contribution in [0.5, 0.6) is 17.2 Å². The molecule has 0 fully saturated rings. The summed E-state index contributed by atoms with van der Waals surface area (Å²) in [6, 6.07) is 7.19. The molecule has 0 spiro atoms. The Hall–Kier alpha value is -3.09. The molecule has 3 N–H and O–H groups in total. The number of carboxylic acid groups (broad SMARTS) is 1. The van der Waals surface area contributed by atoms with Crippen molar-refractivity contribution in [3.8, 4) is 17.2 Å². The number of aromatic carboxylic acids is 1. The Balaban J connectivity index is 2.37. The van der Waals surface area contributed by atoms with Gasteiger partial charge >= 0.3 is 5.97 Å². The summed E-state index contributed by atoms with van der Waals surface area (Å²) < 4.78 is 10.4. The number of benzene rings is 1. The molecule has 2 aromatic rings. The Morgan fingerprint density at radius 1 is 1.19 bits per heavy atom. The molecular weight excluding hydrogens is 276 g/mol. The van der Waals surface area contributed by atoms with Crippen LogP contribution in [-0.4, -0.2) is 29.1 Å². The summed E-state index contributed by atoms with van der Waals surface area (Å²) in [5.74, 6) is -1.09. The molecule has 0 atom stereocenters. The van der Waals surface area contributed by atoms with Gasteiger partial charge < -0.3 is 20.3 Å². The van der Waals surface area contributed by atoms with Crippen LogP contribution in [0.4, 0.5) is 0 Å². The lowest BCUT2D eigenvalue weighted by atomic mass is 10.2. The van der Waals surface area contributed by atoms with Crippen LogP contribution in [0.25, 0.3) is 0 Å². The molecule has 7 nitrogen and oxygen atoms in total. The molecule has 0 bridgehead atoms. The first-order chi connectivity index (χ1) is 10.0. The van der Waals surface area contributed by atoms with E-state index >= 15 is 0 Å². The first-order valence-corrected chi connectivity index (χ1v) is 5.86. The molecule has 1 aromatic carbocycles. The minimum atomic E-state index is -1.16. The number of nitrogens with two attached hydrogens (primary N) is 1. The number of carboxylic acids is 1. The molecule has 0 saturated carbocycles. The van der Waals surface area contributed by atoms with E-state index in [4.69, 9.17) is 15.2 Å². The average molecular weight is 288 g/mol. The van der Waals surface area contributed by atoms with Gasteiger partial charge in [-0.25, -0.2) is 4.79 Å². The third kappa shape index (κ3) is 3.27. The minimum Gasteiger partial charge on any atom is -0.497 e. The van der Waals surface area contributed by atoms with E-state index in [9.17, 15) is 14.7 Å². The van der Waals surface area contributed by atoms with Gasteiger partial charge in [-0.3, -0.25) is 9.78 Å². The summed E-state index contributed by atoms with van der Waals surface area (Å²) in [5, 5.41) is 9.18. The lowest BCUT2D eigenvalue weighted by Gasteiger charge is -2.10. The van der Waals surface area contributed by atoms with Crippen LogP contribution in [0.1, 0.15) is 20.8 Å². The van der Waals surface area contributed by atoms with Crippen molar-refractivity contribution in [1.29, 1.82) is 0 Å². The van der Waals surface area contributed by atoms with Crippen molar-refractivity contribution < 1.29 is 24.2 Å². The molecular formula is C14H12N2O5. The largest absolute Gasteiger partial charge is 0.497 e. The number of amides is 1. The number of hydrogen-bond acceptors (Lipinski definition) is 5. The van der Waals surface area contributed by atoms with E-state index in [1.54, 1.807) is 6.07 Å². The highest BCUT2D eigenvalue weighted by Gasteiger charge is 2.14. The number of hydrogen-bond donors (Lipinski definition) is 2. The third-order valence-corrected chi connectivity index (χ3v) is 2.63. The Kier molecular flexibility index (Phi) is 4.03. The second-order valence-electron chi connectivity index (χ2n) is 4.01. The maximum absolute atomic E-state index is 11.2. The zero-order valence-electron chi connectivity index (χ0n) is 11.1. The third-order valence-electron chi connectivity index (χ3n) is 2.63. The molecule has 0 saturated heterocycles. The molecule has 1 heterocycles. The summed E-state index contributed by atoms with van der Waals surface area (Å²) in [4.78, 5) is 26.1. The minimum absolute atomic E-state index is 0.0258. The smallest absolute Gasteiger partial charge is 0.339 e. The summed E-state index contributed by atoms with van der Waals surface area (Å²) in [5.41, 5.74) is 5.09. The predicted octanol–water partition coefficient (Wildman–Crippen LogP) is 1.68. The van der Waals surface area contributed by atoms with Gasteiger partial charge in [-0.2, -0.15) is 0 Å². The normalized spacial score (nSPS) is 9.95. The molecule has 0 unspecified atom stereocenters. The molecule has 0 radical (unpaired) electrons. The molecule has 7 heteroatoms. The first-order valence-electron chi connectivity index (χ1n) is 5.86. The maximum atomic E-state index is 11.2. The van der Waals surface area contributed by atoms with E-state index in [0.29, 0.717) is 5.75 Å². The van der Waals surface area contributed by atoms with E-state index < -0.39 is 11.9 Å². The number of carbonyl (C=O) groups excluding carboxylic acids is 1. The Morgan fingerprint density at radius 2 is 1.95 bits per heavy atom. The Labute approximate surface area is 119 Å². The highest BCUT2D eigenvalue weighted by atomic mass is 16.5. The average Bonchev–Trinajstić information content (AvgIpc) is 2.47. The van der Waals surface area contributed by atoms with Crippen LogP contribution in [0.3, 0.4) is 0 Å². The molecule has 0 aliphatic carbocycles. The van der Waals surface area contributed by atoms with Crippen molar-refractivity contribution in [2.24, 2.45) is 5.73 Å². The molecule has 0 aliphatic rings. The fraction of sp³-hybridized carbons (Fsp3) is 0.0714. The number of primary amides is 1. The van der Waals surface area contributed by atoms with Gasteiger partial charge in [0.2, 0.25) is 0 Å². The highest BCUT2D eigenvalue weighted by molar-refractivity contribution is 5.92. The van der Waals surface area contributed by atoms with Gasteiger partial charge in [-0.05, 0) is 24.3 Å². The molecule has 2 rings (SSSR count). The number of rotatable bonds is 5. The van der Waals surface area contributed by atoms with E-state index in [2.05, 4.69) is 4.98 Å². The highest BCUT2D eigenvalue weighted by Crippen LogP contribution is 2.28.